The number of Topliss-reactive ketones (excluding diaryl/α,β-unsaturated/α-hetero) is 1. The molecule has 6 nitrogen and oxygen atoms in total. The number of aromatic amines is 1. The monoisotopic (exact) mass is 419 g/mol. The van der Waals surface area contributed by atoms with Crippen LogP contribution in [0.2, 0.25) is 0 Å². The number of ketones is 1. The maximum absolute atomic E-state index is 12.8. The van der Waals surface area contributed by atoms with Crippen molar-refractivity contribution in [3.63, 3.8) is 0 Å². The molecule has 6 heteroatoms. The van der Waals surface area contributed by atoms with Crippen LogP contribution in [0.4, 0.5) is 0 Å². The van der Waals surface area contributed by atoms with Crippen LogP contribution in [0.25, 0.3) is 0 Å². The largest absolute Gasteiger partial charge is 0.497 e. The minimum absolute atomic E-state index is 0.0438. The molecule has 0 radical (unpaired) electrons. The van der Waals surface area contributed by atoms with Gasteiger partial charge in [0.25, 0.3) is 0 Å². The van der Waals surface area contributed by atoms with Gasteiger partial charge >= 0.3 is 5.97 Å². The van der Waals surface area contributed by atoms with E-state index < -0.39 is 5.97 Å². The van der Waals surface area contributed by atoms with Gasteiger partial charge in [-0.3, -0.25) is 4.79 Å². The van der Waals surface area contributed by atoms with E-state index in [1.165, 1.54) is 0 Å². The average molecular weight is 419 g/mol. The van der Waals surface area contributed by atoms with Crippen LogP contribution in [0, 0.1) is 6.92 Å². The van der Waals surface area contributed by atoms with Crippen LogP contribution in [0.1, 0.15) is 50.0 Å². The molecule has 4 rings (SSSR count). The molecular weight excluding hydrogens is 394 g/mol. The Morgan fingerprint density at radius 1 is 1.00 bits per heavy atom. The number of rotatable bonds is 7. The average Bonchev–Trinajstić information content (AvgIpc) is 3.14. The summed E-state index contributed by atoms with van der Waals surface area (Å²) >= 11 is 0. The van der Waals surface area contributed by atoms with E-state index in [0.717, 1.165) is 22.8 Å². The molecule has 2 aromatic carbocycles. The lowest BCUT2D eigenvalue weighted by Gasteiger charge is -2.22. The van der Waals surface area contributed by atoms with Crippen molar-refractivity contribution >= 4 is 11.8 Å². The number of esters is 1. The molecule has 1 aliphatic rings. The van der Waals surface area contributed by atoms with Gasteiger partial charge < -0.3 is 19.2 Å². The summed E-state index contributed by atoms with van der Waals surface area (Å²) in [6.07, 6.45) is 1.08. The van der Waals surface area contributed by atoms with Gasteiger partial charge in [-0.25, -0.2) is 4.79 Å². The molecule has 1 aliphatic carbocycles. The molecule has 1 atom stereocenters. The van der Waals surface area contributed by atoms with Crippen molar-refractivity contribution in [2.45, 2.75) is 25.7 Å². The maximum Gasteiger partial charge on any atom is 0.355 e. The molecule has 0 aliphatic heterocycles. The van der Waals surface area contributed by atoms with Crippen LogP contribution in [-0.2, 0) is 11.2 Å². The summed E-state index contributed by atoms with van der Waals surface area (Å²) in [5, 5.41) is 0. The Labute approximate surface area is 181 Å². The van der Waals surface area contributed by atoms with Crippen molar-refractivity contribution in [2.75, 3.05) is 20.3 Å². The van der Waals surface area contributed by atoms with Crippen molar-refractivity contribution in [1.29, 1.82) is 0 Å². The zero-order chi connectivity index (χ0) is 21.8. The van der Waals surface area contributed by atoms with Crippen LogP contribution in [-0.4, -0.2) is 37.1 Å². The van der Waals surface area contributed by atoms with Gasteiger partial charge in [0.2, 0.25) is 0 Å². The molecule has 0 saturated heterocycles. The Kier molecular flexibility index (Phi) is 6.07. The first-order valence-corrected chi connectivity index (χ1v) is 10.3. The molecule has 31 heavy (non-hydrogen) atoms. The molecule has 3 aromatic rings. The SMILES string of the molecule is COc1ccc(C2CC(=O)c3c([nH]c(C(=O)OCCOc4ccccc4)c3C)C2)cc1. The highest BCUT2D eigenvalue weighted by Gasteiger charge is 2.32. The highest BCUT2D eigenvalue weighted by Crippen LogP contribution is 2.35. The predicted octanol–water partition coefficient (Wildman–Crippen LogP) is 4.48. The van der Waals surface area contributed by atoms with Crippen molar-refractivity contribution in [2.24, 2.45) is 0 Å². The maximum atomic E-state index is 12.8. The smallest absolute Gasteiger partial charge is 0.355 e. The number of benzene rings is 2. The topological polar surface area (TPSA) is 77.6 Å². The number of aromatic nitrogens is 1. The fraction of sp³-hybridized carbons (Fsp3) is 0.280. The highest BCUT2D eigenvalue weighted by molar-refractivity contribution is 6.03. The third-order valence-corrected chi connectivity index (χ3v) is 5.61. The molecule has 0 bridgehead atoms. The van der Waals surface area contributed by atoms with Gasteiger partial charge in [-0.15, -0.1) is 0 Å². The summed E-state index contributed by atoms with van der Waals surface area (Å²) in [4.78, 5) is 28.6. The van der Waals surface area contributed by atoms with Gasteiger partial charge in [-0.1, -0.05) is 30.3 Å². The first-order chi connectivity index (χ1) is 15.1. The lowest BCUT2D eigenvalue weighted by atomic mass is 9.81. The number of ether oxygens (including phenoxy) is 3. The number of methoxy groups -OCH3 is 1. The van der Waals surface area contributed by atoms with Crippen LogP contribution in [0.15, 0.2) is 54.6 Å². The first-order valence-electron chi connectivity index (χ1n) is 10.3. The summed E-state index contributed by atoms with van der Waals surface area (Å²) in [6.45, 7) is 2.17. The van der Waals surface area contributed by atoms with Crippen LogP contribution in [0.3, 0.4) is 0 Å². The van der Waals surface area contributed by atoms with E-state index in [9.17, 15) is 9.59 Å². The Balaban J connectivity index is 1.42. The van der Waals surface area contributed by atoms with Crippen molar-refractivity contribution < 1.29 is 23.8 Å². The number of carbonyl (C=O) groups is 2. The number of carbonyl (C=O) groups excluding carboxylic acids is 2. The molecule has 1 heterocycles. The van der Waals surface area contributed by atoms with Gasteiger partial charge in [-0.2, -0.15) is 0 Å². The van der Waals surface area contributed by atoms with Gasteiger partial charge in [0.15, 0.2) is 5.78 Å². The first kappa shape index (κ1) is 20.7. The Bertz CT molecular complexity index is 1070. The van der Waals surface area contributed by atoms with E-state index in [1.54, 1.807) is 14.0 Å². The van der Waals surface area contributed by atoms with Gasteiger partial charge in [-0.05, 0) is 54.7 Å². The third kappa shape index (κ3) is 4.48. The van der Waals surface area contributed by atoms with Crippen LogP contribution in [0.5, 0.6) is 11.5 Å². The molecule has 0 spiro atoms. The van der Waals surface area contributed by atoms with Gasteiger partial charge in [0, 0.05) is 17.7 Å². The van der Waals surface area contributed by atoms with Gasteiger partial charge in [0.05, 0.1) is 7.11 Å². The minimum atomic E-state index is -0.475. The molecule has 160 valence electrons. The number of H-pyrrole nitrogens is 1. The summed E-state index contributed by atoms with van der Waals surface area (Å²) in [6, 6.07) is 17.1. The zero-order valence-corrected chi connectivity index (χ0v) is 17.6. The lowest BCUT2D eigenvalue weighted by molar-refractivity contribution is 0.0443. The third-order valence-electron chi connectivity index (χ3n) is 5.61. The summed E-state index contributed by atoms with van der Waals surface area (Å²) in [7, 11) is 1.63. The van der Waals surface area contributed by atoms with Gasteiger partial charge in [0.1, 0.15) is 30.4 Å². The molecule has 0 amide bonds. The fourth-order valence-corrected chi connectivity index (χ4v) is 4.03. The Hall–Kier alpha value is -3.54. The van der Waals surface area contributed by atoms with E-state index in [4.69, 9.17) is 14.2 Å². The molecule has 1 unspecified atom stereocenters. The number of hydrogen-bond acceptors (Lipinski definition) is 5. The highest BCUT2D eigenvalue weighted by atomic mass is 16.6. The van der Waals surface area contributed by atoms with Crippen molar-refractivity contribution in [3.05, 3.63) is 82.7 Å². The minimum Gasteiger partial charge on any atom is -0.497 e. The van der Waals surface area contributed by atoms with E-state index in [2.05, 4.69) is 4.98 Å². The Morgan fingerprint density at radius 2 is 1.74 bits per heavy atom. The number of fused-ring (bicyclic) bond motifs is 1. The molecule has 0 saturated carbocycles. The summed E-state index contributed by atoms with van der Waals surface area (Å²) < 4.78 is 16.1. The molecule has 1 aromatic heterocycles. The van der Waals surface area contributed by atoms with E-state index in [0.29, 0.717) is 29.7 Å². The quantitative estimate of drug-likeness (QED) is 0.451. The van der Waals surface area contributed by atoms with E-state index >= 15 is 0 Å². The zero-order valence-electron chi connectivity index (χ0n) is 17.6. The Morgan fingerprint density at radius 3 is 2.45 bits per heavy atom. The van der Waals surface area contributed by atoms with Crippen molar-refractivity contribution in [1.82, 2.24) is 4.98 Å². The summed E-state index contributed by atoms with van der Waals surface area (Å²) in [5.41, 5.74) is 3.49. The second-order valence-corrected chi connectivity index (χ2v) is 7.58. The second-order valence-electron chi connectivity index (χ2n) is 7.58. The van der Waals surface area contributed by atoms with Crippen molar-refractivity contribution in [3.8, 4) is 11.5 Å². The second kappa shape index (κ2) is 9.08. The number of nitrogens with one attached hydrogen (secondary N) is 1. The van der Waals surface area contributed by atoms with Crippen LogP contribution < -0.4 is 9.47 Å². The molecular formula is C25H25NO5. The number of hydrogen-bond donors (Lipinski definition) is 1. The summed E-state index contributed by atoms with van der Waals surface area (Å²) in [5.74, 6) is 1.13. The van der Waals surface area contributed by atoms with E-state index in [1.807, 2.05) is 54.6 Å². The predicted molar refractivity (Wildman–Crippen MR) is 116 cm³/mol. The lowest BCUT2D eigenvalue weighted by Crippen LogP contribution is -2.18. The van der Waals surface area contributed by atoms with E-state index in [-0.39, 0.29) is 24.9 Å². The fourth-order valence-electron chi connectivity index (χ4n) is 4.03. The van der Waals surface area contributed by atoms with Crippen LogP contribution >= 0.6 is 0 Å². The standard InChI is InChI=1S/C25H25NO5/c1-16-23-21(14-18(15-22(23)27)17-8-10-19(29-2)11-9-17)26-24(16)25(28)31-13-12-30-20-6-4-3-5-7-20/h3-11,18,26H,12-15H2,1-2H3. The number of para-hydroxylation sites is 1. The molecule has 0 fully saturated rings. The molecule has 1 N–H and O–H groups in total. The normalized spacial score (nSPS) is 15.3.